The van der Waals surface area contributed by atoms with E-state index in [4.69, 9.17) is 23.2 Å². The summed E-state index contributed by atoms with van der Waals surface area (Å²) >= 11 is 13.2. The van der Waals surface area contributed by atoms with Gasteiger partial charge in [-0.3, -0.25) is 4.79 Å². The van der Waals surface area contributed by atoms with Crippen LogP contribution in [0.3, 0.4) is 0 Å². The second-order valence-corrected chi connectivity index (χ2v) is 6.55. The Morgan fingerprint density at radius 1 is 1.18 bits per heavy atom. The molecule has 0 fully saturated rings. The van der Waals surface area contributed by atoms with Crippen molar-refractivity contribution in [2.24, 2.45) is 0 Å². The number of halogens is 3. The smallest absolute Gasteiger partial charge is 0.234 e. The zero-order chi connectivity index (χ0) is 16.1. The number of hydrogen-bond donors (Lipinski definition) is 1. The number of nitrogens with one attached hydrogen (secondary N) is 1. The van der Waals surface area contributed by atoms with Gasteiger partial charge in [0.25, 0.3) is 0 Å². The Balaban J connectivity index is 1.85. The molecule has 0 atom stereocenters. The van der Waals surface area contributed by atoms with Crippen molar-refractivity contribution in [3.63, 3.8) is 0 Å². The molecule has 0 heterocycles. The van der Waals surface area contributed by atoms with Crippen LogP contribution in [0.25, 0.3) is 0 Å². The zero-order valence-corrected chi connectivity index (χ0v) is 14.2. The van der Waals surface area contributed by atoms with Crippen molar-refractivity contribution in [2.75, 3.05) is 11.1 Å². The number of carbonyl (C=O) groups is 1. The first-order chi connectivity index (χ1) is 10.5. The van der Waals surface area contributed by atoms with Crippen molar-refractivity contribution in [3.8, 4) is 0 Å². The second-order valence-electron chi connectivity index (χ2n) is 4.75. The summed E-state index contributed by atoms with van der Waals surface area (Å²) in [7, 11) is 0. The fourth-order valence-electron chi connectivity index (χ4n) is 1.81. The first-order valence-corrected chi connectivity index (χ1v) is 8.44. The number of benzene rings is 2. The largest absolute Gasteiger partial charge is 0.325 e. The summed E-state index contributed by atoms with van der Waals surface area (Å²) in [6, 6.07) is 9.70. The maximum atomic E-state index is 13.2. The number of anilines is 1. The van der Waals surface area contributed by atoms with Crippen LogP contribution in [0.5, 0.6) is 0 Å². The molecule has 1 amide bonds. The predicted octanol–water partition coefficient (Wildman–Crippen LogP) is 5.31. The number of carbonyl (C=O) groups excluding carboxylic acids is 1. The number of amides is 1. The molecule has 0 spiro atoms. The Kier molecular flexibility index (Phi) is 6.12. The Morgan fingerprint density at radius 2 is 1.95 bits per heavy atom. The number of rotatable bonds is 5. The highest BCUT2D eigenvalue weighted by Gasteiger charge is 2.07. The van der Waals surface area contributed by atoms with E-state index in [0.717, 1.165) is 11.1 Å². The molecule has 0 saturated heterocycles. The maximum Gasteiger partial charge on any atom is 0.234 e. The molecule has 0 unspecified atom stereocenters. The molecule has 2 aromatic carbocycles. The quantitative estimate of drug-likeness (QED) is 0.785. The van der Waals surface area contributed by atoms with Crippen LogP contribution in [0.4, 0.5) is 10.1 Å². The minimum atomic E-state index is -0.371. The van der Waals surface area contributed by atoms with Crippen LogP contribution in [-0.4, -0.2) is 11.7 Å². The molecule has 0 aliphatic heterocycles. The lowest BCUT2D eigenvalue weighted by molar-refractivity contribution is -0.113. The van der Waals surface area contributed by atoms with Crippen LogP contribution < -0.4 is 5.32 Å². The summed E-state index contributed by atoms with van der Waals surface area (Å²) in [6.45, 7) is 1.82. The van der Waals surface area contributed by atoms with Gasteiger partial charge in [-0.15, -0.1) is 11.8 Å². The van der Waals surface area contributed by atoms with Crippen LogP contribution in [-0.2, 0) is 10.5 Å². The van der Waals surface area contributed by atoms with Crippen LogP contribution in [0.2, 0.25) is 10.0 Å². The lowest BCUT2D eigenvalue weighted by Crippen LogP contribution is -2.15. The van der Waals surface area contributed by atoms with E-state index in [-0.39, 0.29) is 17.5 Å². The molecule has 1 N–H and O–H groups in total. The summed E-state index contributed by atoms with van der Waals surface area (Å²) in [6.07, 6.45) is 0. The van der Waals surface area contributed by atoms with Gasteiger partial charge in [0.05, 0.1) is 15.8 Å². The van der Waals surface area contributed by atoms with Crippen molar-refractivity contribution in [2.45, 2.75) is 12.7 Å². The van der Waals surface area contributed by atoms with E-state index < -0.39 is 0 Å². The standard InChI is InChI=1S/C16H14Cl2FNOS/c1-10-2-4-12(19)7-15(10)20-16(21)9-22-8-11-3-5-13(17)14(18)6-11/h2-7H,8-9H2,1H3,(H,20,21). The maximum absolute atomic E-state index is 13.2. The monoisotopic (exact) mass is 357 g/mol. The Bertz CT molecular complexity index is 694. The van der Waals surface area contributed by atoms with Crippen molar-refractivity contribution >= 4 is 46.6 Å². The van der Waals surface area contributed by atoms with Gasteiger partial charge in [0, 0.05) is 11.4 Å². The molecule has 22 heavy (non-hydrogen) atoms. The molecule has 6 heteroatoms. The van der Waals surface area contributed by atoms with Gasteiger partial charge in [0.15, 0.2) is 0 Å². The first-order valence-electron chi connectivity index (χ1n) is 6.53. The van der Waals surface area contributed by atoms with E-state index in [1.807, 2.05) is 13.0 Å². The van der Waals surface area contributed by atoms with Gasteiger partial charge in [-0.2, -0.15) is 0 Å². The summed E-state index contributed by atoms with van der Waals surface area (Å²) < 4.78 is 13.2. The average Bonchev–Trinajstić information content (AvgIpc) is 2.47. The minimum absolute atomic E-state index is 0.168. The van der Waals surface area contributed by atoms with Crippen molar-refractivity contribution in [3.05, 3.63) is 63.4 Å². The van der Waals surface area contributed by atoms with Crippen molar-refractivity contribution < 1.29 is 9.18 Å². The lowest BCUT2D eigenvalue weighted by Gasteiger charge is -2.08. The molecule has 116 valence electrons. The SMILES string of the molecule is Cc1ccc(F)cc1NC(=O)CSCc1ccc(Cl)c(Cl)c1. The topological polar surface area (TPSA) is 29.1 Å². The molecular formula is C16H14Cl2FNOS. The molecular weight excluding hydrogens is 344 g/mol. The van der Waals surface area contributed by atoms with Gasteiger partial charge in [-0.25, -0.2) is 4.39 Å². The summed E-state index contributed by atoms with van der Waals surface area (Å²) in [5.41, 5.74) is 2.32. The van der Waals surface area contributed by atoms with Gasteiger partial charge in [0.2, 0.25) is 5.91 Å². The van der Waals surface area contributed by atoms with E-state index >= 15 is 0 Å². The first kappa shape index (κ1) is 17.1. The Labute approximate surface area is 143 Å². The molecule has 0 aliphatic carbocycles. The molecule has 2 rings (SSSR count). The van der Waals surface area contributed by atoms with Gasteiger partial charge < -0.3 is 5.32 Å². The van der Waals surface area contributed by atoms with Gasteiger partial charge in [0.1, 0.15) is 5.82 Å². The Morgan fingerprint density at radius 3 is 2.68 bits per heavy atom. The van der Waals surface area contributed by atoms with Crippen LogP contribution in [0.15, 0.2) is 36.4 Å². The lowest BCUT2D eigenvalue weighted by atomic mass is 10.2. The van der Waals surface area contributed by atoms with Crippen LogP contribution in [0.1, 0.15) is 11.1 Å². The van der Waals surface area contributed by atoms with Crippen LogP contribution >= 0.6 is 35.0 Å². The normalized spacial score (nSPS) is 10.5. The summed E-state index contributed by atoms with van der Waals surface area (Å²) in [4.78, 5) is 11.9. The number of aryl methyl sites for hydroxylation is 1. The number of hydrogen-bond acceptors (Lipinski definition) is 2. The van der Waals surface area contributed by atoms with E-state index in [1.54, 1.807) is 18.2 Å². The van der Waals surface area contributed by atoms with E-state index in [2.05, 4.69) is 5.32 Å². The van der Waals surface area contributed by atoms with Gasteiger partial charge in [-0.1, -0.05) is 35.3 Å². The highest BCUT2D eigenvalue weighted by molar-refractivity contribution is 7.99. The number of thioether (sulfide) groups is 1. The highest BCUT2D eigenvalue weighted by atomic mass is 35.5. The fourth-order valence-corrected chi connectivity index (χ4v) is 2.90. The predicted molar refractivity (Wildman–Crippen MR) is 92.4 cm³/mol. The zero-order valence-electron chi connectivity index (χ0n) is 11.8. The van der Waals surface area contributed by atoms with E-state index in [1.165, 1.54) is 23.9 Å². The third-order valence-electron chi connectivity index (χ3n) is 2.96. The van der Waals surface area contributed by atoms with E-state index in [9.17, 15) is 9.18 Å². The molecule has 0 saturated carbocycles. The molecule has 2 nitrogen and oxygen atoms in total. The molecule has 0 bridgehead atoms. The van der Waals surface area contributed by atoms with E-state index in [0.29, 0.717) is 21.5 Å². The van der Waals surface area contributed by atoms with Gasteiger partial charge >= 0.3 is 0 Å². The summed E-state index contributed by atoms with van der Waals surface area (Å²) in [5.74, 6) is 0.381. The molecule has 0 aliphatic rings. The molecule has 0 aromatic heterocycles. The van der Waals surface area contributed by atoms with Crippen molar-refractivity contribution in [1.29, 1.82) is 0 Å². The fraction of sp³-hybridized carbons (Fsp3) is 0.188. The third-order valence-corrected chi connectivity index (χ3v) is 4.70. The summed E-state index contributed by atoms with van der Waals surface area (Å²) in [5, 5.41) is 3.72. The molecule has 0 radical (unpaired) electrons. The highest BCUT2D eigenvalue weighted by Crippen LogP contribution is 2.24. The van der Waals surface area contributed by atoms with Crippen molar-refractivity contribution in [1.82, 2.24) is 0 Å². The van der Waals surface area contributed by atoms with Crippen LogP contribution in [0, 0.1) is 12.7 Å². The minimum Gasteiger partial charge on any atom is -0.325 e. The third kappa shape index (κ3) is 4.90. The van der Waals surface area contributed by atoms with Gasteiger partial charge in [-0.05, 0) is 42.3 Å². The molecule has 2 aromatic rings. The average molecular weight is 358 g/mol. The Hall–Kier alpha value is -1.23. The second kappa shape index (κ2) is 7.86.